The molecule has 1 heterocycles. The summed E-state index contributed by atoms with van der Waals surface area (Å²) in [5, 5.41) is 21.3. The van der Waals surface area contributed by atoms with E-state index in [0.717, 1.165) is 39.7 Å². The minimum absolute atomic E-state index is 0.0264. The third-order valence-electron chi connectivity index (χ3n) is 8.45. The van der Waals surface area contributed by atoms with Crippen LogP contribution in [0.15, 0.2) is 97.5 Å². The van der Waals surface area contributed by atoms with Gasteiger partial charge in [0.1, 0.15) is 0 Å². The molecule has 0 saturated carbocycles. The Labute approximate surface area is 295 Å². The first-order valence-corrected chi connectivity index (χ1v) is 16.8. The van der Waals surface area contributed by atoms with Crippen molar-refractivity contribution in [3.05, 3.63) is 134 Å². The summed E-state index contributed by atoms with van der Waals surface area (Å²) >= 11 is 19.0. The molecule has 0 aliphatic heterocycles. The molecule has 0 unspecified atom stereocenters. The molecular formula is C36H36Cl2N6O3S. The first-order valence-electron chi connectivity index (χ1n) is 15.6. The minimum atomic E-state index is -0.429. The number of fused-ring (bicyclic) bond motifs is 1. The Kier molecular flexibility index (Phi) is 11.6. The Bertz CT molecular complexity index is 1910. The molecule has 0 radical (unpaired) electrons. The van der Waals surface area contributed by atoms with Crippen LogP contribution in [0.5, 0.6) is 0 Å². The zero-order valence-corrected chi connectivity index (χ0v) is 28.9. The fourth-order valence-corrected chi connectivity index (χ4v) is 6.12. The highest BCUT2D eigenvalue weighted by Gasteiger charge is 2.25. The number of aromatic nitrogens is 2. The Morgan fingerprint density at radius 2 is 1.77 bits per heavy atom. The lowest BCUT2D eigenvalue weighted by Crippen LogP contribution is -2.50. The zero-order valence-electron chi connectivity index (χ0n) is 26.6. The third-order valence-corrected chi connectivity index (χ3v) is 9.66. The molecule has 12 heteroatoms. The molecule has 0 bridgehead atoms. The summed E-state index contributed by atoms with van der Waals surface area (Å²) in [6.45, 7) is 5.42. The molecule has 2 atom stereocenters. The Balaban J connectivity index is 1.34. The van der Waals surface area contributed by atoms with Gasteiger partial charge in [0.2, 0.25) is 5.91 Å². The van der Waals surface area contributed by atoms with Crippen molar-refractivity contribution in [1.82, 2.24) is 19.8 Å². The topological polar surface area (TPSA) is 105 Å². The number of carbonyl (C=O) groups is 1. The molecule has 1 amide bonds. The first kappa shape index (κ1) is 34.8. The van der Waals surface area contributed by atoms with E-state index in [9.17, 15) is 14.9 Å². The van der Waals surface area contributed by atoms with Crippen molar-refractivity contribution in [1.29, 1.82) is 0 Å². The van der Waals surface area contributed by atoms with Crippen LogP contribution in [0.3, 0.4) is 0 Å². The third kappa shape index (κ3) is 8.69. The number of benzene rings is 4. The van der Waals surface area contributed by atoms with E-state index in [1.165, 1.54) is 12.1 Å². The number of carbonyl (C=O) groups excluding carboxylic acids is 1. The number of amides is 1. The summed E-state index contributed by atoms with van der Waals surface area (Å²) in [4.78, 5) is 30.5. The molecule has 2 N–H and O–H groups in total. The van der Waals surface area contributed by atoms with Gasteiger partial charge < -0.3 is 20.1 Å². The second-order valence-electron chi connectivity index (χ2n) is 11.7. The van der Waals surface area contributed by atoms with Crippen LogP contribution in [-0.2, 0) is 24.3 Å². The molecule has 5 rings (SSSR count). The van der Waals surface area contributed by atoms with Crippen LogP contribution in [0, 0.1) is 16.0 Å². The van der Waals surface area contributed by atoms with E-state index in [1.807, 2.05) is 51.9 Å². The normalized spacial score (nSPS) is 12.3. The van der Waals surface area contributed by atoms with Gasteiger partial charge in [0.25, 0.3) is 5.69 Å². The van der Waals surface area contributed by atoms with Gasteiger partial charge in [-0.15, -0.1) is 0 Å². The summed E-state index contributed by atoms with van der Waals surface area (Å²) in [6, 6.07) is 25.8. The smallest absolute Gasteiger partial charge is 0.269 e. The summed E-state index contributed by atoms with van der Waals surface area (Å²) < 4.78 is 1.87. The number of hydrogen-bond acceptors (Lipinski definition) is 5. The molecule has 9 nitrogen and oxygen atoms in total. The van der Waals surface area contributed by atoms with E-state index in [0.29, 0.717) is 34.8 Å². The monoisotopic (exact) mass is 702 g/mol. The zero-order chi connectivity index (χ0) is 34.2. The molecule has 4 aromatic carbocycles. The Morgan fingerprint density at radius 3 is 2.52 bits per heavy atom. The van der Waals surface area contributed by atoms with Crippen LogP contribution in [0.2, 0.25) is 10.0 Å². The number of halogens is 2. The highest BCUT2D eigenvalue weighted by molar-refractivity contribution is 7.80. The SMILES string of the molecule is CC[C@H](C)[C@@H](CN(Cc1cccc(Cl)c1Cl)C(=S)Nc1cccc2ccccc12)NC(=O)Cc1cncn1Cc1ccc([N+](=O)[O-])cc1. The maximum absolute atomic E-state index is 13.6. The van der Waals surface area contributed by atoms with Gasteiger partial charge in [-0.05, 0) is 46.8 Å². The van der Waals surface area contributed by atoms with E-state index in [4.69, 9.17) is 35.4 Å². The van der Waals surface area contributed by atoms with Crippen LogP contribution in [0.1, 0.15) is 37.1 Å². The van der Waals surface area contributed by atoms with E-state index < -0.39 is 4.92 Å². The van der Waals surface area contributed by atoms with Crippen molar-refractivity contribution >= 4 is 68.6 Å². The first-order chi connectivity index (χ1) is 23.1. The summed E-state index contributed by atoms with van der Waals surface area (Å²) in [6.07, 6.45) is 4.26. The quantitative estimate of drug-likeness (QED) is 0.0723. The fraction of sp³-hybridized carbons (Fsp3) is 0.250. The molecule has 0 spiro atoms. The van der Waals surface area contributed by atoms with Gasteiger partial charge in [-0.25, -0.2) is 4.98 Å². The number of rotatable bonds is 13. The average molecular weight is 704 g/mol. The summed E-state index contributed by atoms with van der Waals surface area (Å²) in [7, 11) is 0. The molecule has 0 saturated heterocycles. The number of hydrogen-bond donors (Lipinski definition) is 2. The van der Waals surface area contributed by atoms with E-state index >= 15 is 0 Å². The van der Waals surface area contributed by atoms with Crippen molar-refractivity contribution in [3.63, 3.8) is 0 Å². The Morgan fingerprint density at radius 1 is 1.04 bits per heavy atom. The second kappa shape index (κ2) is 16.1. The van der Waals surface area contributed by atoms with E-state index in [2.05, 4.69) is 41.6 Å². The van der Waals surface area contributed by atoms with Crippen LogP contribution < -0.4 is 10.6 Å². The van der Waals surface area contributed by atoms with Crippen LogP contribution in [-0.4, -0.2) is 43.0 Å². The van der Waals surface area contributed by atoms with Gasteiger partial charge in [-0.1, -0.05) is 104 Å². The lowest BCUT2D eigenvalue weighted by Gasteiger charge is -2.33. The number of nitro benzene ring substituents is 1. The van der Waals surface area contributed by atoms with Crippen LogP contribution in [0.4, 0.5) is 11.4 Å². The summed E-state index contributed by atoms with van der Waals surface area (Å²) in [5.41, 5.74) is 3.31. The number of imidazole rings is 1. The second-order valence-corrected chi connectivity index (χ2v) is 12.9. The predicted molar refractivity (Wildman–Crippen MR) is 197 cm³/mol. The number of nitrogens with one attached hydrogen (secondary N) is 2. The van der Waals surface area contributed by atoms with Crippen molar-refractivity contribution in [2.45, 2.75) is 45.8 Å². The number of non-ortho nitro benzene ring substituents is 1. The van der Waals surface area contributed by atoms with Crippen molar-refractivity contribution in [3.8, 4) is 0 Å². The summed E-state index contributed by atoms with van der Waals surface area (Å²) in [5.74, 6) is -0.0314. The van der Waals surface area contributed by atoms with Crippen LogP contribution in [0.25, 0.3) is 10.8 Å². The van der Waals surface area contributed by atoms with Gasteiger partial charge in [-0.2, -0.15) is 0 Å². The highest BCUT2D eigenvalue weighted by Crippen LogP contribution is 2.28. The minimum Gasteiger partial charge on any atom is -0.351 e. The van der Waals surface area contributed by atoms with Gasteiger partial charge in [0.05, 0.1) is 27.7 Å². The molecular weight excluding hydrogens is 667 g/mol. The molecule has 1 aromatic heterocycles. The van der Waals surface area contributed by atoms with Gasteiger partial charge >= 0.3 is 0 Å². The van der Waals surface area contributed by atoms with Crippen molar-refractivity contribution in [2.75, 3.05) is 11.9 Å². The number of thiocarbonyl (C=S) groups is 1. The predicted octanol–water partition coefficient (Wildman–Crippen LogP) is 8.27. The molecule has 5 aromatic rings. The maximum Gasteiger partial charge on any atom is 0.269 e. The number of anilines is 1. The standard InChI is InChI=1S/C36H36Cl2N6O3S/c1-3-24(2)33(40-34(45)18-29-19-39-23-43(29)20-25-14-16-28(17-15-25)44(46)47)22-42(21-27-10-6-12-31(37)35(27)38)36(48)41-32-13-7-9-26-8-4-5-11-30(26)32/h4-17,19,23-24,33H,3,18,20-22H2,1-2H3,(H,40,45)(H,41,48)/t24-,33+/m0/s1. The largest absolute Gasteiger partial charge is 0.351 e. The average Bonchev–Trinajstić information content (AvgIpc) is 3.51. The fourth-order valence-electron chi connectivity index (χ4n) is 5.49. The van der Waals surface area contributed by atoms with Crippen molar-refractivity contribution < 1.29 is 9.72 Å². The maximum atomic E-state index is 13.6. The van der Waals surface area contributed by atoms with Gasteiger partial charge in [0, 0.05) is 60.8 Å². The van der Waals surface area contributed by atoms with E-state index in [-0.39, 0.29) is 30.0 Å². The van der Waals surface area contributed by atoms with Gasteiger partial charge in [0.15, 0.2) is 5.11 Å². The van der Waals surface area contributed by atoms with E-state index in [1.54, 1.807) is 30.7 Å². The molecule has 0 fully saturated rings. The number of nitrogens with zero attached hydrogens (tertiary/aromatic N) is 4. The van der Waals surface area contributed by atoms with Crippen LogP contribution >= 0.6 is 35.4 Å². The molecule has 0 aliphatic rings. The number of nitro groups is 1. The van der Waals surface area contributed by atoms with Crippen molar-refractivity contribution in [2.24, 2.45) is 5.92 Å². The highest BCUT2D eigenvalue weighted by atomic mass is 35.5. The molecule has 48 heavy (non-hydrogen) atoms. The van der Waals surface area contributed by atoms with Gasteiger partial charge in [-0.3, -0.25) is 14.9 Å². The lowest BCUT2D eigenvalue weighted by atomic mass is 9.98. The molecule has 248 valence electrons. The lowest BCUT2D eigenvalue weighted by molar-refractivity contribution is -0.384. The Hall–Kier alpha value is -4.51. The molecule has 0 aliphatic carbocycles.